The number of fused-ring (bicyclic) bond motifs is 1. The van der Waals surface area contributed by atoms with Gasteiger partial charge in [0.2, 0.25) is 0 Å². The molecule has 0 fully saturated rings. The Morgan fingerprint density at radius 3 is 2.30 bits per heavy atom. The zero-order valence-corrected chi connectivity index (χ0v) is 13.3. The van der Waals surface area contributed by atoms with Crippen molar-refractivity contribution in [2.45, 2.75) is 12.5 Å². The van der Waals surface area contributed by atoms with Gasteiger partial charge in [-0.2, -0.15) is 0 Å². The van der Waals surface area contributed by atoms with E-state index < -0.39 is 12.0 Å². The van der Waals surface area contributed by atoms with Crippen molar-refractivity contribution in [1.82, 2.24) is 0 Å². The van der Waals surface area contributed by atoms with E-state index >= 15 is 0 Å². The van der Waals surface area contributed by atoms with Gasteiger partial charge < -0.3 is 10.5 Å². The Labute approximate surface area is 141 Å². The summed E-state index contributed by atoms with van der Waals surface area (Å²) in [5.74, 6) is 0.0980. The van der Waals surface area contributed by atoms with Crippen LogP contribution < -0.4 is 10.5 Å². The number of esters is 1. The van der Waals surface area contributed by atoms with Gasteiger partial charge in [-0.05, 0) is 34.9 Å². The minimum absolute atomic E-state index is 0. The first-order valence-electron chi connectivity index (χ1n) is 7.22. The summed E-state index contributed by atoms with van der Waals surface area (Å²) in [5.41, 5.74) is 6.99. The molecule has 3 aromatic carbocycles. The molecular weight excluding hydrogens is 310 g/mol. The minimum atomic E-state index is -0.679. The Kier molecular flexibility index (Phi) is 5.74. The third kappa shape index (κ3) is 4.31. The van der Waals surface area contributed by atoms with E-state index in [0.29, 0.717) is 12.2 Å². The number of ether oxygens (including phenoxy) is 1. The normalized spacial score (nSPS) is 11.5. The second-order valence-electron chi connectivity index (χ2n) is 5.23. The lowest BCUT2D eigenvalue weighted by Crippen LogP contribution is -2.36. The Bertz CT molecular complexity index is 789. The summed E-state index contributed by atoms with van der Waals surface area (Å²) in [4.78, 5) is 12.0. The molecule has 0 aromatic heterocycles. The SMILES string of the molecule is Cl.N[C@@H](Cc1ccc2ccccc2c1)C(=O)Oc1ccccc1. The van der Waals surface area contributed by atoms with Crippen LogP contribution in [0.2, 0.25) is 0 Å². The van der Waals surface area contributed by atoms with Gasteiger partial charge in [0.25, 0.3) is 0 Å². The highest BCUT2D eigenvalue weighted by atomic mass is 35.5. The molecular formula is C19H18ClNO2. The lowest BCUT2D eigenvalue weighted by molar-refractivity contribution is -0.135. The molecule has 0 unspecified atom stereocenters. The highest BCUT2D eigenvalue weighted by Gasteiger charge is 2.16. The number of carbonyl (C=O) groups is 1. The predicted molar refractivity (Wildman–Crippen MR) is 95.0 cm³/mol. The van der Waals surface area contributed by atoms with Gasteiger partial charge in [-0.25, -0.2) is 4.79 Å². The largest absolute Gasteiger partial charge is 0.425 e. The molecule has 0 spiro atoms. The maximum Gasteiger partial charge on any atom is 0.328 e. The van der Waals surface area contributed by atoms with Crippen LogP contribution >= 0.6 is 12.4 Å². The van der Waals surface area contributed by atoms with Gasteiger partial charge in [-0.3, -0.25) is 0 Å². The van der Waals surface area contributed by atoms with E-state index in [-0.39, 0.29) is 12.4 Å². The summed E-state index contributed by atoms with van der Waals surface area (Å²) in [6, 6.07) is 22.5. The number of hydrogen-bond donors (Lipinski definition) is 1. The maximum atomic E-state index is 12.0. The molecule has 0 amide bonds. The summed E-state index contributed by atoms with van der Waals surface area (Å²) in [6.07, 6.45) is 0.455. The van der Waals surface area contributed by atoms with Crippen molar-refractivity contribution in [1.29, 1.82) is 0 Å². The molecule has 3 aromatic rings. The van der Waals surface area contributed by atoms with E-state index in [1.807, 2.05) is 48.5 Å². The lowest BCUT2D eigenvalue weighted by Gasteiger charge is -2.12. The van der Waals surface area contributed by atoms with Gasteiger partial charge in [-0.1, -0.05) is 60.7 Å². The van der Waals surface area contributed by atoms with E-state index in [1.54, 1.807) is 12.1 Å². The van der Waals surface area contributed by atoms with Gasteiger partial charge in [0.05, 0.1) is 0 Å². The van der Waals surface area contributed by atoms with Crippen LogP contribution in [0.3, 0.4) is 0 Å². The summed E-state index contributed by atoms with van der Waals surface area (Å²) < 4.78 is 5.27. The summed E-state index contributed by atoms with van der Waals surface area (Å²) in [5, 5.41) is 2.32. The van der Waals surface area contributed by atoms with Crippen molar-refractivity contribution in [2.75, 3.05) is 0 Å². The number of carbonyl (C=O) groups excluding carboxylic acids is 1. The third-order valence-electron chi connectivity index (χ3n) is 3.53. The number of nitrogens with two attached hydrogens (primary N) is 1. The molecule has 1 atom stereocenters. The van der Waals surface area contributed by atoms with Crippen LogP contribution in [0.4, 0.5) is 0 Å². The highest BCUT2D eigenvalue weighted by Crippen LogP contribution is 2.17. The Balaban J connectivity index is 0.00000192. The van der Waals surface area contributed by atoms with E-state index in [2.05, 4.69) is 12.1 Å². The fourth-order valence-electron chi connectivity index (χ4n) is 2.38. The summed E-state index contributed by atoms with van der Waals surface area (Å²) >= 11 is 0. The maximum absolute atomic E-state index is 12.0. The predicted octanol–water partition coefficient (Wildman–Crippen LogP) is 3.74. The Morgan fingerprint density at radius 1 is 0.913 bits per heavy atom. The van der Waals surface area contributed by atoms with Crippen LogP contribution in [0, 0.1) is 0 Å². The van der Waals surface area contributed by atoms with E-state index in [4.69, 9.17) is 10.5 Å². The van der Waals surface area contributed by atoms with Gasteiger partial charge in [0.1, 0.15) is 11.8 Å². The molecule has 2 N–H and O–H groups in total. The van der Waals surface area contributed by atoms with Crippen LogP contribution in [0.5, 0.6) is 5.75 Å². The lowest BCUT2D eigenvalue weighted by atomic mass is 10.0. The van der Waals surface area contributed by atoms with Crippen molar-refractivity contribution in [3.05, 3.63) is 78.4 Å². The molecule has 3 nitrogen and oxygen atoms in total. The smallest absolute Gasteiger partial charge is 0.328 e. The fourth-order valence-corrected chi connectivity index (χ4v) is 2.38. The first kappa shape index (κ1) is 17.0. The van der Waals surface area contributed by atoms with Gasteiger partial charge in [0, 0.05) is 0 Å². The van der Waals surface area contributed by atoms with Crippen molar-refractivity contribution >= 4 is 29.1 Å². The van der Waals surface area contributed by atoms with Crippen LogP contribution in [-0.2, 0) is 11.2 Å². The van der Waals surface area contributed by atoms with Crippen LogP contribution in [0.15, 0.2) is 72.8 Å². The molecule has 0 saturated heterocycles. The number of hydrogen-bond acceptors (Lipinski definition) is 3. The molecule has 0 saturated carbocycles. The number of rotatable bonds is 4. The zero-order valence-electron chi connectivity index (χ0n) is 12.5. The second-order valence-corrected chi connectivity index (χ2v) is 5.23. The van der Waals surface area contributed by atoms with Crippen molar-refractivity contribution < 1.29 is 9.53 Å². The molecule has 0 heterocycles. The average molecular weight is 328 g/mol. The van der Waals surface area contributed by atoms with E-state index in [0.717, 1.165) is 10.9 Å². The first-order chi connectivity index (χ1) is 10.7. The topological polar surface area (TPSA) is 52.3 Å². The van der Waals surface area contributed by atoms with Gasteiger partial charge in [-0.15, -0.1) is 12.4 Å². The summed E-state index contributed by atoms with van der Waals surface area (Å²) in [6.45, 7) is 0. The average Bonchev–Trinajstić information content (AvgIpc) is 2.55. The standard InChI is InChI=1S/C19H17NO2.ClH/c20-18(19(21)22-17-8-2-1-3-9-17)13-14-10-11-15-6-4-5-7-16(15)12-14;/h1-12,18H,13,20H2;1H/t18-;/m0./s1. The monoisotopic (exact) mass is 327 g/mol. The molecule has 0 aliphatic carbocycles. The Hall–Kier alpha value is -2.36. The molecule has 23 heavy (non-hydrogen) atoms. The number of para-hydroxylation sites is 1. The number of benzene rings is 3. The second kappa shape index (κ2) is 7.77. The Morgan fingerprint density at radius 2 is 1.57 bits per heavy atom. The van der Waals surface area contributed by atoms with Crippen LogP contribution in [0.25, 0.3) is 10.8 Å². The number of halogens is 1. The van der Waals surface area contributed by atoms with Crippen molar-refractivity contribution in [3.63, 3.8) is 0 Å². The van der Waals surface area contributed by atoms with E-state index in [1.165, 1.54) is 5.39 Å². The quantitative estimate of drug-likeness (QED) is 0.586. The molecule has 3 rings (SSSR count). The minimum Gasteiger partial charge on any atom is -0.425 e. The first-order valence-corrected chi connectivity index (χ1v) is 7.22. The molecule has 0 radical (unpaired) electrons. The van der Waals surface area contributed by atoms with Gasteiger partial charge >= 0.3 is 5.97 Å². The molecule has 0 aliphatic heterocycles. The molecule has 0 bridgehead atoms. The summed E-state index contributed by atoms with van der Waals surface area (Å²) in [7, 11) is 0. The fraction of sp³-hybridized carbons (Fsp3) is 0.105. The van der Waals surface area contributed by atoms with Crippen LogP contribution in [-0.4, -0.2) is 12.0 Å². The van der Waals surface area contributed by atoms with Crippen molar-refractivity contribution in [3.8, 4) is 5.75 Å². The van der Waals surface area contributed by atoms with E-state index in [9.17, 15) is 4.79 Å². The third-order valence-corrected chi connectivity index (χ3v) is 3.53. The molecule has 118 valence electrons. The van der Waals surface area contributed by atoms with Gasteiger partial charge in [0.15, 0.2) is 0 Å². The van der Waals surface area contributed by atoms with Crippen molar-refractivity contribution in [2.24, 2.45) is 5.73 Å². The highest BCUT2D eigenvalue weighted by molar-refractivity contribution is 5.85. The van der Waals surface area contributed by atoms with Crippen LogP contribution in [0.1, 0.15) is 5.56 Å². The zero-order chi connectivity index (χ0) is 15.4. The molecule has 0 aliphatic rings. The molecule has 4 heteroatoms.